The molecule has 0 saturated heterocycles. The summed E-state index contributed by atoms with van der Waals surface area (Å²) in [5.41, 5.74) is 0. The van der Waals surface area contributed by atoms with E-state index in [1.807, 2.05) is 0 Å². The topological polar surface area (TPSA) is 0 Å². The zero-order chi connectivity index (χ0) is 16.6. The maximum absolute atomic E-state index is 2.64. The summed E-state index contributed by atoms with van der Waals surface area (Å²) >= 11 is 0. The number of rotatable bonds is 1. The Balaban J connectivity index is 1.59. The van der Waals surface area contributed by atoms with Gasteiger partial charge in [0.15, 0.2) is 0 Å². The van der Waals surface area contributed by atoms with E-state index < -0.39 is 0 Å². The highest BCUT2D eigenvalue weighted by molar-refractivity contribution is 4.82. The fourth-order valence-corrected chi connectivity index (χ4v) is 6.60. The molecule has 0 amide bonds. The van der Waals surface area contributed by atoms with E-state index in [0.29, 0.717) is 0 Å². The number of fused-ring (bicyclic) bond motifs is 1. The summed E-state index contributed by atoms with van der Waals surface area (Å²) in [7, 11) is 0. The van der Waals surface area contributed by atoms with Crippen molar-refractivity contribution in [2.45, 2.75) is 122 Å². The molecule has 3 fully saturated rings. The van der Waals surface area contributed by atoms with Gasteiger partial charge >= 0.3 is 0 Å². The Morgan fingerprint density at radius 3 is 1.42 bits per heavy atom. The lowest BCUT2D eigenvalue weighted by Gasteiger charge is -2.37. The van der Waals surface area contributed by atoms with Crippen molar-refractivity contribution in [2.24, 2.45) is 29.6 Å². The van der Waals surface area contributed by atoms with E-state index in [1.165, 1.54) is 64.2 Å². The van der Waals surface area contributed by atoms with Crippen molar-refractivity contribution < 1.29 is 0 Å². The molecule has 3 aliphatic carbocycles. The van der Waals surface area contributed by atoms with Crippen LogP contribution in [0, 0.1) is 29.6 Å². The fraction of sp³-hybridized carbons (Fsp3) is 1.00. The summed E-state index contributed by atoms with van der Waals surface area (Å²) in [6.45, 7) is 2.64. The molecule has 3 rings (SSSR count). The molecule has 0 nitrogen and oxygen atoms in total. The van der Waals surface area contributed by atoms with Crippen LogP contribution in [-0.4, -0.2) is 0 Å². The number of hydrogen-bond acceptors (Lipinski definition) is 0. The lowest BCUT2D eigenvalue weighted by atomic mass is 9.68. The third-order valence-corrected chi connectivity index (χ3v) is 8.16. The molecule has 24 heavy (non-hydrogen) atoms. The van der Waals surface area contributed by atoms with Crippen LogP contribution in [0.15, 0.2) is 0 Å². The molecule has 3 saturated carbocycles. The van der Waals surface area contributed by atoms with Crippen LogP contribution < -0.4 is 0 Å². The average Bonchev–Trinajstić information content (AvgIpc) is 2.74. The Hall–Kier alpha value is 0. The first-order chi connectivity index (χ1) is 11.8. The van der Waals surface area contributed by atoms with E-state index in [-0.39, 0.29) is 0 Å². The first-order valence-corrected chi connectivity index (χ1v) is 11.8. The fourth-order valence-electron chi connectivity index (χ4n) is 6.60. The molecule has 0 aromatic rings. The van der Waals surface area contributed by atoms with Crippen LogP contribution in [0.1, 0.15) is 122 Å². The average molecular weight is 333 g/mol. The van der Waals surface area contributed by atoms with Gasteiger partial charge in [0.25, 0.3) is 0 Å². The Labute approximate surface area is 152 Å². The SMILES string of the molecule is CC1CCC2CCCCC2CCCCC1C1CCCCCCCC1. The molecule has 3 aliphatic rings. The van der Waals surface area contributed by atoms with Crippen LogP contribution in [0.2, 0.25) is 0 Å². The van der Waals surface area contributed by atoms with Gasteiger partial charge in [-0.3, -0.25) is 0 Å². The van der Waals surface area contributed by atoms with Crippen molar-refractivity contribution >= 4 is 0 Å². The third kappa shape index (κ3) is 5.50. The van der Waals surface area contributed by atoms with Gasteiger partial charge in [-0.25, -0.2) is 0 Å². The predicted molar refractivity (Wildman–Crippen MR) is 106 cm³/mol. The molecule has 0 aliphatic heterocycles. The van der Waals surface area contributed by atoms with Gasteiger partial charge < -0.3 is 0 Å². The molecule has 0 N–H and O–H groups in total. The lowest BCUT2D eigenvalue weighted by Crippen LogP contribution is -2.26. The molecule has 0 aromatic heterocycles. The van der Waals surface area contributed by atoms with Gasteiger partial charge in [0.05, 0.1) is 0 Å². The van der Waals surface area contributed by atoms with Gasteiger partial charge in [0.2, 0.25) is 0 Å². The van der Waals surface area contributed by atoms with Crippen molar-refractivity contribution in [2.75, 3.05) is 0 Å². The monoisotopic (exact) mass is 332 g/mol. The van der Waals surface area contributed by atoms with Crippen molar-refractivity contribution in [3.05, 3.63) is 0 Å². The summed E-state index contributed by atoms with van der Waals surface area (Å²) in [4.78, 5) is 0. The Morgan fingerprint density at radius 2 is 0.792 bits per heavy atom. The van der Waals surface area contributed by atoms with Gasteiger partial charge in [0.1, 0.15) is 0 Å². The summed E-state index contributed by atoms with van der Waals surface area (Å²) < 4.78 is 0. The second-order valence-electron chi connectivity index (χ2n) is 9.77. The second kappa shape index (κ2) is 10.2. The zero-order valence-corrected chi connectivity index (χ0v) is 16.6. The minimum atomic E-state index is 0.997. The summed E-state index contributed by atoms with van der Waals surface area (Å²) in [5, 5.41) is 0. The molecule has 0 bridgehead atoms. The summed E-state index contributed by atoms with van der Waals surface area (Å²) in [5.74, 6) is 5.33. The maximum atomic E-state index is 2.64. The predicted octanol–water partition coefficient (Wildman–Crippen LogP) is 8.15. The van der Waals surface area contributed by atoms with Gasteiger partial charge in [-0.1, -0.05) is 110 Å². The Morgan fingerprint density at radius 1 is 0.375 bits per heavy atom. The quantitative estimate of drug-likeness (QED) is 0.454. The smallest absolute Gasteiger partial charge is 0.0360 e. The molecule has 4 atom stereocenters. The first kappa shape index (κ1) is 18.8. The third-order valence-electron chi connectivity index (χ3n) is 8.16. The minimum Gasteiger partial charge on any atom is -0.0622 e. The maximum Gasteiger partial charge on any atom is -0.0360 e. The summed E-state index contributed by atoms with van der Waals surface area (Å²) in [6.07, 6.45) is 27.7. The molecule has 140 valence electrons. The van der Waals surface area contributed by atoms with Crippen molar-refractivity contribution in [1.82, 2.24) is 0 Å². The highest BCUT2D eigenvalue weighted by atomic mass is 14.4. The van der Waals surface area contributed by atoms with E-state index in [1.54, 1.807) is 51.4 Å². The standard InChI is InChI=1S/C24H44/c1-20-18-19-22-14-9-8-12-21(22)13-10-11-17-24(20)23-15-6-4-2-3-5-7-16-23/h20-24H,2-19H2,1H3. The lowest BCUT2D eigenvalue weighted by molar-refractivity contribution is 0.138. The Bertz CT molecular complexity index is 323. The van der Waals surface area contributed by atoms with E-state index in [0.717, 1.165) is 29.6 Å². The van der Waals surface area contributed by atoms with Gasteiger partial charge in [0, 0.05) is 0 Å². The Kier molecular flexibility index (Phi) is 8.00. The molecule has 0 spiro atoms. The highest BCUT2D eigenvalue weighted by Gasteiger charge is 2.30. The molecule has 0 aromatic carbocycles. The summed E-state index contributed by atoms with van der Waals surface area (Å²) in [6, 6.07) is 0. The van der Waals surface area contributed by atoms with Crippen LogP contribution in [0.4, 0.5) is 0 Å². The molecule has 4 unspecified atom stereocenters. The van der Waals surface area contributed by atoms with E-state index in [9.17, 15) is 0 Å². The van der Waals surface area contributed by atoms with E-state index in [2.05, 4.69) is 6.92 Å². The first-order valence-electron chi connectivity index (χ1n) is 11.8. The molecular formula is C24H44. The largest absolute Gasteiger partial charge is 0.0622 e. The van der Waals surface area contributed by atoms with Crippen LogP contribution in [0.3, 0.4) is 0 Å². The van der Waals surface area contributed by atoms with Crippen molar-refractivity contribution in [3.63, 3.8) is 0 Å². The molecule has 0 radical (unpaired) electrons. The minimum absolute atomic E-state index is 0.997. The zero-order valence-electron chi connectivity index (χ0n) is 16.6. The van der Waals surface area contributed by atoms with Crippen LogP contribution in [0.25, 0.3) is 0 Å². The van der Waals surface area contributed by atoms with Crippen LogP contribution >= 0.6 is 0 Å². The second-order valence-corrected chi connectivity index (χ2v) is 9.77. The van der Waals surface area contributed by atoms with Crippen molar-refractivity contribution in [1.29, 1.82) is 0 Å². The van der Waals surface area contributed by atoms with Gasteiger partial charge in [-0.15, -0.1) is 0 Å². The molecular weight excluding hydrogens is 288 g/mol. The van der Waals surface area contributed by atoms with E-state index >= 15 is 0 Å². The van der Waals surface area contributed by atoms with Crippen molar-refractivity contribution in [3.8, 4) is 0 Å². The van der Waals surface area contributed by atoms with Crippen LogP contribution in [-0.2, 0) is 0 Å². The van der Waals surface area contributed by atoms with E-state index in [4.69, 9.17) is 0 Å². The molecule has 0 heteroatoms. The highest BCUT2D eigenvalue weighted by Crippen LogP contribution is 2.42. The van der Waals surface area contributed by atoms with Gasteiger partial charge in [-0.2, -0.15) is 0 Å². The molecule has 0 heterocycles. The number of hydrogen-bond donors (Lipinski definition) is 0. The van der Waals surface area contributed by atoms with Crippen LogP contribution in [0.5, 0.6) is 0 Å². The normalized spacial score (nSPS) is 38.4. The van der Waals surface area contributed by atoms with Gasteiger partial charge in [-0.05, 0) is 42.4 Å².